The summed E-state index contributed by atoms with van der Waals surface area (Å²) >= 11 is 6.09. The number of anilines is 1. The van der Waals surface area contributed by atoms with E-state index in [2.05, 4.69) is 10.6 Å². The van der Waals surface area contributed by atoms with E-state index in [4.69, 9.17) is 21.1 Å². The second-order valence-corrected chi connectivity index (χ2v) is 15.3. The predicted molar refractivity (Wildman–Crippen MR) is 185 cm³/mol. The molecule has 3 N–H and O–H groups in total. The number of benzene rings is 3. The van der Waals surface area contributed by atoms with E-state index in [0.29, 0.717) is 16.7 Å². The van der Waals surface area contributed by atoms with Crippen LogP contribution in [0.2, 0.25) is 5.02 Å². The standard InChI is InChI=1S/C35H38ClF3N4O8S/c1-50-33(45)41-31(30(21-6-8-23(36)9-7-21)22-16-24(37)18-25(38)17-22)32(44)40-29-5-3-4-28(39)27(29)11-10-26-19-42(34(46)47)20-35(51-26)12-14-43(15-13-35)52(2,48)49/h3-9,16-18,26,30-31H,10-15,19-20H2,1-2H3,(H,40,44)(H,41,45)(H,46,47)/t26?,30-,31-/m0/s1. The van der Waals surface area contributed by atoms with Crippen molar-refractivity contribution in [3.63, 3.8) is 0 Å². The molecule has 52 heavy (non-hydrogen) atoms. The van der Waals surface area contributed by atoms with Crippen molar-refractivity contribution in [2.45, 2.75) is 49.3 Å². The number of piperidine rings is 1. The van der Waals surface area contributed by atoms with Gasteiger partial charge in [-0.25, -0.2) is 35.5 Å². The lowest BCUT2D eigenvalue weighted by molar-refractivity contribution is -0.166. The van der Waals surface area contributed by atoms with E-state index in [0.717, 1.165) is 25.5 Å². The molecule has 3 aromatic carbocycles. The van der Waals surface area contributed by atoms with Gasteiger partial charge in [0.15, 0.2) is 0 Å². The number of ether oxygens (including phenoxy) is 2. The number of sulfonamides is 1. The molecule has 17 heteroatoms. The molecule has 2 fully saturated rings. The summed E-state index contributed by atoms with van der Waals surface area (Å²) in [6, 6.07) is 11.2. The van der Waals surface area contributed by atoms with Crippen LogP contribution in [-0.2, 0) is 30.7 Å². The molecule has 3 amide bonds. The number of rotatable bonds is 10. The van der Waals surface area contributed by atoms with E-state index in [1.165, 1.54) is 51.7 Å². The number of carbonyl (C=O) groups is 3. The highest BCUT2D eigenvalue weighted by molar-refractivity contribution is 7.88. The van der Waals surface area contributed by atoms with Gasteiger partial charge in [-0.05, 0) is 73.2 Å². The first-order valence-electron chi connectivity index (χ1n) is 16.3. The quantitative estimate of drug-likeness (QED) is 0.249. The van der Waals surface area contributed by atoms with E-state index < -0.39 is 69.2 Å². The molecule has 280 valence electrons. The maximum absolute atomic E-state index is 15.5. The average Bonchev–Trinajstić information content (AvgIpc) is 3.07. The van der Waals surface area contributed by atoms with Crippen LogP contribution in [0, 0.1) is 17.5 Å². The number of nitrogens with one attached hydrogen (secondary N) is 2. The van der Waals surface area contributed by atoms with Crippen molar-refractivity contribution >= 4 is 45.4 Å². The Morgan fingerprint density at radius 1 is 1.04 bits per heavy atom. The van der Waals surface area contributed by atoms with E-state index in [1.54, 1.807) is 0 Å². The van der Waals surface area contributed by atoms with Crippen molar-refractivity contribution in [2.75, 3.05) is 44.9 Å². The number of nitrogens with zero attached hydrogens (tertiary/aromatic N) is 2. The van der Waals surface area contributed by atoms with Crippen LogP contribution in [0.15, 0.2) is 60.7 Å². The Hall–Kier alpha value is -4.38. The molecule has 5 rings (SSSR count). The number of morpholine rings is 1. The highest BCUT2D eigenvalue weighted by Gasteiger charge is 2.45. The summed E-state index contributed by atoms with van der Waals surface area (Å²) in [4.78, 5) is 40.0. The Balaban J connectivity index is 1.41. The summed E-state index contributed by atoms with van der Waals surface area (Å²) in [7, 11) is -2.37. The Bertz CT molecular complexity index is 1890. The van der Waals surface area contributed by atoms with Crippen molar-refractivity contribution in [1.82, 2.24) is 14.5 Å². The smallest absolute Gasteiger partial charge is 0.407 e. The highest BCUT2D eigenvalue weighted by Crippen LogP contribution is 2.36. The molecule has 1 spiro atoms. The van der Waals surface area contributed by atoms with E-state index in [-0.39, 0.29) is 68.7 Å². The van der Waals surface area contributed by atoms with Crippen LogP contribution in [0.3, 0.4) is 0 Å². The molecule has 0 aliphatic carbocycles. The van der Waals surface area contributed by atoms with Crippen LogP contribution in [0.25, 0.3) is 0 Å². The zero-order chi connectivity index (χ0) is 37.8. The normalized spacial score (nSPS) is 18.7. The van der Waals surface area contributed by atoms with E-state index in [1.807, 2.05) is 0 Å². The number of amides is 3. The van der Waals surface area contributed by atoms with Crippen LogP contribution in [0.5, 0.6) is 0 Å². The molecular formula is C35H38ClF3N4O8S. The first-order valence-corrected chi connectivity index (χ1v) is 18.5. The summed E-state index contributed by atoms with van der Waals surface area (Å²) in [5.74, 6) is -4.58. The zero-order valence-corrected chi connectivity index (χ0v) is 29.9. The number of alkyl carbamates (subject to hydrolysis) is 1. The lowest BCUT2D eigenvalue weighted by Crippen LogP contribution is -2.61. The summed E-state index contributed by atoms with van der Waals surface area (Å²) in [6.45, 7) is 0.349. The van der Waals surface area contributed by atoms with Crippen molar-refractivity contribution < 1.29 is 50.6 Å². The molecular weight excluding hydrogens is 729 g/mol. The molecule has 2 saturated heterocycles. The molecule has 2 aliphatic rings. The largest absolute Gasteiger partial charge is 0.465 e. The summed E-state index contributed by atoms with van der Waals surface area (Å²) in [5.41, 5.74) is -0.480. The fraction of sp³-hybridized carbons (Fsp3) is 0.400. The van der Waals surface area contributed by atoms with Crippen molar-refractivity contribution in [2.24, 2.45) is 0 Å². The van der Waals surface area contributed by atoms with Gasteiger partial charge < -0.3 is 30.1 Å². The minimum Gasteiger partial charge on any atom is -0.465 e. The maximum atomic E-state index is 15.5. The van der Waals surface area contributed by atoms with Crippen LogP contribution in [0.1, 0.15) is 41.9 Å². The number of carboxylic acid groups (broad SMARTS) is 1. The summed E-state index contributed by atoms with van der Waals surface area (Å²) < 4.78 is 81.2. The minimum absolute atomic E-state index is 0.00423. The molecule has 0 saturated carbocycles. The minimum atomic E-state index is -3.44. The van der Waals surface area contributed by atoms with E-state index >= 15 is 4.39 Å². The van der Waals surface area contributed by atoms with Gasteiger partial charge in [0, 0.05) is 41.3 Å². The highest BCUT2D eigenvalue weighted by atomic mass is 35.5. The van der Waals surface area contributed by atoms with E-state index in [9.17, 15) is 36.7 Å². The Morgan fingerprint density at radius 2 is 1.69 bits per heavy atom. The summed E-state index contributed by atoms with van der Waals surface area (Å²) in [6.07, 6.45) is -1.14. The number of hydrogen-bond acceptors (Lipinski definition) is 7. The van der Waals surface area contributed by atoms with Gasteiger partial charge in [0.25, 0.3) is 0 Å². The molecule has 12 nitrogen and oxygen atoms in total. The van der Waals surface area contributed by atoms with Crippen LogP contribution < -0.4 is 10.6 Å². The average molecular weight is 767 g/mol. The fourth-order valence-electron chi connectivity index (χ4n) is 6.82. The second-order valence-electron chi connectivity index (χ2n) is 12.9. The van der Waals surface area contributed by atoms with Crippen molar-refractivity contribution in [3.05, 3.63) is 99.8 Å². The van der Waals surface area contributed by atoms with Crippen LogP contribution in [-0.4, -0.2) is 98.1 Å². The molecule has 0 aromatic heterocycles. The number of hydrogen-bond donors (Lipinski definition) is 3. The lowest BCUT2D eigenvalue weighted by atomic mass is 9.84. The van der Waals surface area contributed by atoms with Gasteiger partial charge in [-0.2, -0.15) is 0 Å². The van der Waals surface area contributed by atoms with Crippen LogP contribution in [0.4, 0.5) is 28.4 Å². The molecule has 0 bridgehead atoms. The Morgan fingerprint density at radius 3 is 2.29 bits per heavy atom. The van der Waals surface area contributed by atoms with Gasteiger partial charge in [0.05, 0.1) is 38.2 Å². The van der Waals surface area contributed by atoms with Crippen LogP contribution >= 0.6 is 11.6 Å². The third-order valence-corrected chi connectivity index (χ3v) is 10.9. The first-order chi connectivity index (χ1) is 24.6. The topological polar surface area (TPSA) is 155 Å². The number of halogens is 4. The Labute approximate surface area is 303 Å². The number of methoxy groups -OCH3 is 1. The van der Waals surface area contributed by atoms with Crippen molar-refractivity contribution in [1.29, 1.82) is 0 Å². The molecule has 3 atom stereocenters. The zero-order valence-electron chi connectivity index (χ0n) is 28.3. The van der Waals surface area contributed by atoms with Crippen molar-refractivity contribution in [3.8, 4) is 0 Å². The second kappa shape index (κ2) is 16.1. The Kier molecular flexibility index (Phi) is 12.0. The molecule has 2 heterocycles. The predicted octanol–water partition coefficient (Wildman–Crippen LogP) is 5.36. The summed E-state index contributed by atoms with van der Waals surface area (Å²) in [5, 5.41) is 15.3. The lowest BCUT2D eigenvalue weighted by Gasteiger charge is -2.49. The maximum Gasteiger partial charge on any atom is 0.407 e. The monoisotopic (exact) mass is 766 g/mol. The SMILES string of the molecule is COC(=O)N[C@H](C(=O)Nc1cccc(F)c1CCC1CN(C(=O)O)CC2(CCN(S(C)(=O)=O)CC2)O1)[C@@H](c1ccc(Cl)cc1)c1cc(F)cc(F)c1. The molecule has 2 aliphatic heterocycles. The van der Waals surface area contributed by atoms with Gasteiger partial charge in [-0.15, -0.1) is 0 Å². The third kappa shape index (κ3) is 9.34. The first kappa shape index (κ1) is 38.8. The fourth-order valence-corrected chi connectivity index (χ4v) is 7.79. The van der Waals surface area contributed by atoms with Gasteiger partial charge in [0.2, 0.25) is 15.9 Å². The van der Waals surface area contributed by atoms with Gasteiger partial charge in [0.1, 0.15) is 23.5 Å². The molecule has 1 unspecified atom stereocenters. The third-order valence-electron chi connectivity index (χ3n) is 9.33. The molecule has 3 aromatic rings. The van der Waals surface area contributed by atoms with Gasteiger partial charge >= 0.3 is 12.2 Å². The van der Waals surface area contributed by atoms with Gasteiger partial charge in [-0.3, -0.25) is 4.79 Å². The van der Waals surface area contributed by atoms with Gasteiger partial charge in [-0.1, -0.05) is 29.8 Å². The molecule has 0 radical (unpaired) electrons. The number of carbonyl (C=O) groups excluding carboxylic acids is 2.